The number of anilines is 1. The molecule has 0 N–H and O–H groups in total. The first-order valence-corrected chi connectivity index (χ1v) is 6.67. The molecule has 104 valence electrons. The Bertz CT molecular complexity index is 569. The third-order valence-corrected chi connectivity index (χ3v) is 3.00. The van der Waals surface area contributed by atoms with Gasteiger partial charge in [-0.05, 0) is 12.1 Å². The summed E-state index contributed by atoms with van der Waals surface area (Å²) < 4.78 is 0. The van der Waals surface area contributed by atoms with Crippen LogP contribution >= 0.6 is 0 Å². The quantitative estimate of drug-likeness (QED) is 0.626. The van der Waals surface area contributed by atoms with Crippen molar-refractivity contribution in [3.63, 3.8) is 0 Å². The van der Waals surface area contributed by atoms with Crippen LogP contribution in [-0.4, -0.2) is 38.9 Å². The predicted octanol–water partition coefficient (Wildman–Crippen LogP) is 3.07. The molecule has 0 aliphatic carbocycles. The van der Waals surface area contributed by atoms with E-state index in [9.17, 15) is 0 Å². The Labute approximate surface area is 121 Å². The Hall–Kier alpha value is -2.29. The van der Waals surface area contributed by atoms with Crippen molar-refractivity contribution in [3.05, 3.63) is 65.7 Å². The van der Waals surface area contributed by atoms with Crippen LogP contribution in [-0.2, 0) is 0 Å². The molecule has 0 aliphatic rings. The highest BCUT2D eigenvalue weighted by atomic mass is 15.4. The minimum atomic E-state index is 0.987. The van der Waals surface area contributed by atoms with Crippen molar-refractivity contribution < 1.29 is 0 Å². The highest BCUT2D eigenvalue weighted by Crippen LogP contribution is 2.16. The number of hydrazone groups is 1. The molecule has 0 saturated carbocycles. The first-order chi connectivity index (χ1) is 9.58. The van der Waals surface area contributed by atoms with Crippen molar-refractivity contribution in [1.29, 1.82) is 0 Å². The second-order valence-electron chi connectivity index (χ2n) is 5.10. The van der Waals surface area contributed by atoms with Crippen LogP contribution in [0, 0.1) is 0 Å². The lowest BCUT2D eigenvalue weighted by Crippen LogP contribution is -2.12. The number of hydrogen-bond acceptors (Lipinski definition) is 3. The van der Waals surface area contributed by atoms with Crippen molar-refractivity contribution in [2.24, 2.45) is 5.10 Å². The summed E-state index contributed by atoms with van der Waals surface area (Å²) in [6.45, 7) is 0. The summed E-state index contributed by atoms with van der Waals surface area (Å²) in [4.78, 5) is 2.09. The number of nitrogens with zero attached hydrogens (tertiary/aromatic N) is 3. The van der Waals surface area contributed by atoms with Crippen LogP contribution in [0.15, 0.2) is 59.7 Å². The number of benzene rings is 2. The fourth-order valence-corrected chi connectivity index (χ4v) is 2.00. The average molecular weight is 267 g/mol. The van der Waals surface area contributed by atoms with Crippen LogP contribution in [0.1, 0.15) is 11.1 Å². The second-order valence-corrected chi connectivity index (χ2v) is 5.10. The summed E-state index contributed by atoms with van der Waals surface area (Å²) in [7, 11) is 7.97. The van der Waals surface area contributed by atoms with Gasteiger partial charge in [0.05, 0.1) is 5.71 Å². The highest BCUT2D eigenvalue weighted by Gasteiger charge is 2.08. The number of hydrogen-bond donors (Lipinski definition) is 0. The molecule has 0 aromatic heterocycles. The van der Waals surface area contributed by atoms with Gasteiger partial charge in [0.25, 0.3) is 0 Å². The van der Waals surface area contributed by atoms with E-state index in [1.807, 2.05) is 51.4 Å². The van der Waals surface area contributed by atoms with Crippen LogP contribution in [0.4, 0.5) is 5.69 Å². The fraction of sp³-hybridized carbons (Fsp3) is 0.235. The van der Waals surface area contributed by atoms with E-state index < -0.39 is 0 Å². The third kappa shape index (κ3) is 3.38. The normalized spacial score (nSPS) is 11.3. The molecule has 2 rings (SSSR count). The maximum absolute atomic E-state index is 4.63. The van der Waals surface area contributed by atoms with E-state index in [1.165, 1.54) is 5.69 Å². The largest absolute Gasteiger partial charge is 0.378 e. The monoisotopic (exact) mass is 267 g/mol. The van der Waals surface area contributed by atoms with Gasteiger partial charge in [0.15, 0.2) is 0 Å². The summed E-state index contributed by atoms with van der Waals surface area (Å²) >= 11 is 0. The maximum Gasteiger partial charge on any atom is 0.0975 e. The lowest BCUT2D eigenvalue weighted by Gasteiger charge is -2.15. The molecule has 0 amide bonds. The lowest BCUT2D eigenvalue weighted by molar-refractivity contribution is 0.438. The summed E-state index contributed by atoms with van der Waals surface area (Å²) in [6.07, 6.45) is 0. The fourth-order valence-electron chi connectivity index (χ4n) is 2.00. The molecule has 0 atom stereocenters. The molecule has 0 radical (unpaired) electrons. The van der Waals surface area contributed by atoms with Crippen LogP contribution in [0.25, 0.3) is 0 Å². The molecular weight excluding hydrogens is 246 g/mol. The molecule has 3 heteroatoms. The van der Waals surface area contributed by atoms with Gasteiger partial charge in [-0.1, -0.05) is 42.5 Å². The van der Waals surface area contributed by atoms with Gasteiger partial charge in [0.2, 0.25) is 0 Å². The average Bonchev–Trinajstić information content (AvgIpc) is 2.45. The van der Waals surface area contributed by atoms with Gasteiger partial charge in [-0.15, -0.1) is 0 Å². The van der Waals surface area contributed by atoms with Gasteiger partial charge < -0.3 is 9.91 Å². The molecule has 0 saturated heterocycles. The van der Waals surface area contributed by atoms with Crippen molar-refractivity contribution in [2.75, 3.05) is 33.1 Å². The molecule has 2 aromatic rings. The summed E-state index contributed by atoms with van der Waals surface area (Å²) in [6, 6.07) is 18.7. The van der Waals surface area contributed by atoms with Crippen molar-refractivity contribution in [1.82, 2.24) is 5.01 Å². The molecule has 0 aliphatic heterocycles. The molecule has 0 fully saturated rings. The maximum atomic E-state index is 4.63. The Morgan fingerprint density at radius 1 is 0.750 bits per heavy atom. The molecule has 0 heterocycles. The lowest BCUT2D eigenvalue weighted by atomic mass is 10.0. The molecule has 0 spiro atoms. The zero-order valence-electron chi connectivity index (χ0n) is 12.5. The minimum Gasteiger partial charge on any atom is -0.378 e. The number of rotatable bonds is 4. The molecule has 3 nitrogen and oxygen atoms in total. The van der Waals surface area contributed by atoms with Crippen molar-refractivity contribution >= 4 is 11.4 Å². The topological polar surface area (TPSA) is 18.8 Å². The molecule has 0 unspecified atom stereocenters. The first-order valence-electron chi connectivity index (χ1n) is 6.67. The Kier molecular flexibility index (Phi) is 4.41. The van der Waals surface area contributed by atoms with E-state index in [4.69, 9.17) is 0 Å². The minimum absolute atomic E-state index is 0.987. The van der Waals surface area contributed by atoms with Crippen LogP contribution in [0.3, 0.4) is 0 Å². The van der Waals surface area contributed by atoms with E-state index in [2.05, 4.69) is 46.4 Å². The standard InChI is InChI=1S/C17H21N3/c1-19(2)16-12-10-15(11-13-16)17(18-20(3)4)14-8-6-5-7-9-14/h5-13H,1-4H3. The summed E-state index contributed by atoms with van der Waals surface area (Å²) in [5, 5.41) is 6.46. The van der Waals surface area contributed by atoms with E-state index in [-0.39, 0.29) is 0 Å². The van der Waals surface area contributed by atoms with E-state index in [0.717, 1.165) is 16.8 Å². The Morgan fingerprint density at radius 2 is 1.30 bits per heavy atom. The van der Waals surface area contributed by atoms with Crippen molar-refractivity contribution in [3.8, 4) is 0 Å². The summed E-state index contributed by atoms with van der Waals surface area (Å²) in [5.41, 5.74) is 4.42. The SMILES string of the molecule is CN(C)N=C(c1ccccc1)c1ccc(N(C)C)cc1. The van der Waals surface area contributed by atoms with Gasteiger partial charge in [-0.2, -0.15) is 5.10 Å². The predicted molar refractivity (Wildman–Crippen MR) is 86.5 cm³/mol. The van der Waals surface area contributed by atoms with E-state index >= 15 is 0 Å². The summed E-state index contributed by atoms with van der Waals surface area (Å²) in [5.74, 6) is 0. The van der Waals surface area contributed by atoms with E-state index in [1.54, 1.807) is 0 Å². The highest BCUT2D eigenvalue weighted by molar-refractivity contribution is 6.12. The Balaban J connectivity index is 2.42. The third-order valence-electron chi connectivity index (χ3n) is 3.00. The smallest absolute Gasteiger partial charge is 0.0975 e. The zero-order valence-corrected chi connectivity index (χ0v) is 12.5. The van der Waals surface area contributed by atoms with E-state index in [0.29, 0.717) is 0 Å². The van der Waals surface area contributed by atoms with Gasteiger partial charge in [-0.25, -0.2) is 0 Å². The van der Waals surface area contributed by atoms with Gasteiger partial charge in [-0.3, -0.25) is 0 Å². The van der Waals surface area contributed by atoms with Gasteiger partial charge in [0, 0.05) is 45.0 Å². The molecule has 2 aromatic carbocycles. The van der Waals surface area contributed by atoms with Gasteiger partial charge in [0.1, 0.15) is 0 Å². The van der Waals surface area contributed by atoms with Crippen LogP contribution < -0.4 is 4.90 Å². The van der Waals surface area contributed by atoms with Gasteiger partial charge >= 0.3 is 0 Å². The molecule has 20 heavy (non-hydrogen) atoms. The van der Waals surface area contributed by atoms with Crippen LogP contribution in [0.2, 0.25) is 0 Å². The zero-order chi connectivity index (χ0) is 14.5. The second kappa shape index (κ2) is 6.24. The molecular formula is C17H21N3. The Morgan fingerprint density at radius 3 is 1.80 bits per heavy atom. The van der Waals surface area contributed by atoms with Crippen LogP contribution in [0.5, 0.6) is 0 Å². The van der Waals surface area contributed by atoms with Crippen molar-refractivity contribution in [2.45, 2.75) is 0 Å². The molecule has 0 bridgehead atoms. The first kappa shape index (κ1) is 14.1.